The predicted molar refractivity (Wildman–Crippen MR) is 79.5 cm³/mol. The fourth-order valence-corrected chi connectivity index (χ4v) is 2.02. The second-order valence-corrected chi connectivity index (χ2v) is 4.75. The Kier molecular flexibility index (Phi) is 4.35. The standard InChI is InChI=1S/C14H17ClN4/c1-9-13(17-8-7-16)10(2)19-14(18-9)11-3-5-12(15)6-4-11/h3-6,17H,7-8,16H2,1-2H3. The van der Waals surface area contributed by atoms with Gasteiger partial charge >= 0.3 is 0 Å². The van der Waals surface area contributed by atoms with Gasteiger partial charge < -0.3 is 11.1 Å². The number of aryl methyl sites for hydroxylation is 2. The lowest BCUT2D eigenvalue weighted by Crippen LogP contribution is -2.15. The molecule has 0 atom stereocenters. The molecule has 0 aliphatic rings. The first kappa shape index (κ1) is 13.8. The number of aromatic nitrogens is 2. The van der Waals surface area contributed by atoms with Crippen molar-refractivity contribution >= 4 is 17.3 Å². The minimum Gasteiger partial charge on any atom is -0.381 e. The Morgan fingerprint density at radius 3 is 2.21 bits per heavy atom. The average Bonchev–Trinajstić information content (AvgIpc) is 2.38. The number of nitrogens with zero attached hydrogens (tertiary/aromatic N) is 2. The van der Waals surface area contributed by atoms with Crippen molar-refractivity contribution in [1.82, 2.24) is 9.97 Å². The van der Waals surface area contributed by atoms with Gasteiger partial charge in [0.1, 0.15) is 0 Å². The summed E-state index contributed by atoms with van der Waals surface area (Å²) in [6.07, 6.45) is 0. The number of nitrogens with two attached hydrogens (primary N) is 1. The number of hydrogen-bond acceptors (Lipinski definition) is 4. The number of nitrogens with one attached hydrogen (secondary N) is 1. The minimum atomic E-state index is 0.581. The average molecular weight is 277 g/mol. The molecule has 2 aromatic rings. The SMILES string of the molecule is Cc1nc(-c2ccc(Cl)cc2)nc(C)c1NCCN. The molecular formula is C14H17ClN4. The van der Waals surface area contributed by atoms with Crippen molar-refractivity contribution in [2.75, 3.05) is 18.4 Å². The first-order valence-electron chi connectivity index (χ1n) is 6.17. The molecule has 0 saturated carbocycles. The van der Waals surface area contributed by atoms with Crippen LogP contribution in [0.25, 0.3) is 11.4 Å². The highest BCUT2D eigenvalue weighted by molar-refractivity contribution is 6.30. The summed E-state index contributed by atoms with van der Waals surface area (Å²) in [5, 5.41) is 3.95. The van der Waals surface area contributed by atoms with E-state index in [9.17, 15) is 0 Å². The smallest absolute Gasteiger partial charge is 0.159 e. The molecule has 4 nitrogen and oxygen atoms in total. The maximum Gasteiger partial charge on any atom is 0.159 e. The van der Waals surface area contributed by atoms with Crippen LogP contribution >= 0.6 is 11.6 Å². The summed E-state index contributed by atoms with van der Waals surface area (Å²) in [5.41, 5.74) is 9.26. The van der Waals surface area contributed by atoms with Gasteiger partial charge in [-0.1, -0.05) is 11.6 Å². The molecule has 100 valence electrons. The molecule has 19 heavy (non-hydrogen) atoms. The van der Waals surface area contributed by atoms with Crippen LogP contribution in [0.4, 0.5) is 5.69 Å². The molecule has 0 fully saturated rings. The molecule has 0 aliphatic heterocycles. The fourth-order valence-electron chi connectivity index (χ4n) is 1.90. The van der Waals surface area contributed by atoms with Gasteiger partial charge in [0.05, 0.1) is 17.1 Å². The van der Waals surface area contributed by atoms with Gasteiger partial charge in [0.25, 0.3) is 0 Å². The molecule has 0 saturated heterocycles. The monoisotopic (exact) mass is 276 g/mol. The van der Waals surface area contributed by atoms with Gasteiger partial charge in [0.2, 0.25) is 0 Å². The number of hydrogen-bond donors (Lipinski definition) is 2. The summed E-state index contributed by atoms with van der Waals surface area (Å²) in [4.78, 5) is 9.06. The third-order valence-electron chi connectivity index (χ3n) is 2.82. The molecule has 0 unspecified atom stereocenters. The normalized spacial score (nSPS) is 10.5. The van der Waals surface area contributed by atoms with E-state index >= 15 is 0 Å². The molecular weight excluding hydrogens is 260 g/mol. The van der Waals surface area contributed by atoms with Crippen LogP contribution in [0, 0.1) is 13.8 Å². The highest BCUT2D eigenvalue weighted by Crippen LogP contribution is 2.23. The summed E-state index contributed by atoms with van der Waals surface area (Å²) in [6.45, 7) is 5.23. The maximum absolute atomic E-state index is 5.88. The van der Waals surface area contributed by atoms with Crippen LogP contribution in [-0.4, -0.2) is 23.1 Å². The van der Waals surface area contributed by atoms with Crippen molar-refractivity contribution in [2.24, 2.45) is 5.73 Å². The predicted octanol–water partition coefficient (Wildman–Crippen LogP) is 2.78. The van der Waals surface area contributed by atoms with Crippen molar-refractivity contribution in [3.8, 4) is 11.4 Å². The Morgan fingerprint density at radius 2 is 1.68 bits per heavy atom. The molecule has 1 aromatic heterocycles. The zero-order valence-electron chi connectivity index (χ0n) is 11.1. The molecule has 0 radical (unpaired) electrons. The van der Waals surface area contributed by atoms with Gasteiger partial charge in [-0.3, -0.25) is 0 Å². The van der Waals surface area contributed by atoms with E-state index in [4.69, 9.17) is 17.3 Å². The number of rotatable bonds is 4. The number of benzene rings is 1. The molecule has 5 heteroatoms. The molecule has 0 spiro atoms. The van der Waals surface area contributed by atoms with E-state index in [2.05, 4.69) is 15.3 Å². The molecule has 0 amide bonds. The second-order valence-electron chi connectivity index (χ2n) is 4.32. The van der Waals surface area contributed by atoms with Crippen LogP contribution in [0.1, 0.15) is 11.4 Å². The Hall–Kier alpha value is -1.65. The summed E-state index contributed by atoms with van der Waals surface area (Å²) >= 11 is 5.88. The zero-order valence-corrected chi connectivity index (χ0v) is 11.8. The molecule has 0 aliphatic carbocycles. The van der Waals surface area contributed by atoms with Crippen LogP contribution in [0.5, 0.6) is 0 Å². The fraction of sp³-hybridized carbons (Fsp3) is 0.286. The first-order chi connectivity index (χ1) is 9.11. The third kappa shape index (κ3) is 3.22. The van der Waals surface area contributed by atoms with Gasteiger partial charge in [-0.05, 0) is 38.1 Å². The quantitative estimate of drug-likeness (QED) is 0.901. The summed E-state index contributed by atoms with van der Waals surface area (Å²) in [6, 6.07) is 7.52. The topological polar surface area (TPSA) is 63.8 Å². The van der Waals surface area contributed by atoms with Crippen molar-refractivity contribution in [1.29, 1.82) is 0 Å². The van der Waals surface area contributed by atoms with E-state index in [0.717, 1.165) is 22.6 Å². The summed E-state index contributed by atoms with van der Waals surface area (Å²) < 4.78 is 0. The van der Waals surface area contributed by atoms with Gasteiger partial charge in [0, 0.05) is 23.7 Å². The summed E-state index contributed by atoms with van der Waals surface area (Å²) in [7, 11) is 0. The van der Waals surface area contributed by atoms with Crippen LogP contribution in [-0.2, 0) is 0 Å². The Balaban J connectivity index is 2.36. The van der Waals surface area contributed by atoms with Crippen molar-refractivity contribution in [3.63, 3.8) is 0 Å². The highest BCUT2D eigenvalue weighted by Gasteiger charge is 2.09. The molecule has 3 N–H and O–H groups in total. The van der Waals surface area contributed by atoms with E-state index < -0.39 is 0 Å². The van der Waals surface area contributed by atoms with Crippen molar-refractivity contribution in [2.45, 2.75) is 13.8 Å². The lowest BCUT2D eigenvalue weighted by atomic mass is 10.2. The number of halogens is 1. The third-order valence-corrected chi connectivity index (χ3v) is 3.07. The van der Waals surface area contributed by atoms with E-state index in [1.807, 2.05) is 38.1 Å². The molecule has 1 aromatic carbocycles. The Bertz CT molecular complexity index is 543. The lowest BCUT2D eigenvalue weighted by molar-refractivity contribution is 0.990. The van der Waals surface area contributed by atoms with Crippen molar-refractivity contribution < 1.29 is 0 Å². The summed E-state index contributed by atoms with van der Waals surface area (Å²) in [5.74, 6) is 0.713. The van der Waals surface area contributed by atoms with Crippen LogP contribution < -0.4 is 11.1 Å². The second kappa shape index (κ2) is 5.99. The van der Waals surface area contributed by atoms with E-state index in [0.29, 0.717) is 23.9 Å². The maximum atomic E-state index is 5.88. The lowest BCUT2D eigenvalue weighted by Gasteiger charge is -2.12. The van der Waals surface area contributed by atoms with E-state index in [1.54, 1.807) is 0 Å². The highest BCUT2D eigenvalue weighted by atomic mass is 35.5. The van der Waals surface area contributed by atoms with E-state index in [1.165, 1.54) is 0 Å². The van der Waals surface area contributed by atoms with Crippen molar-refractivity contribution in [3.05, 3.63) is 40.7 Å². The first-order valence-corrected chi connectivity index (χ1v) is 6.54. The number of anilines is 1. The van der Waals surface area contributed by atoms with Crippen LogP contribution in [0.3, 0.4) is 0 Å². The zero-order chi connectivity index (χ0) is 13.8. The molecule has 1 heterocycles. The van der Waals surface area contributed by atoms with Crippen LogP contribution in [0.2, 0.25) is 5.02 Å². The largest absolute Gasteiger partial charge is 0.381 e. The Morgan fingerprint density at radius 1 is 1.11 bits per heavy atom. The van der Waals surface area contributed by atoms with Crippen LogP contribution in [0.15, 0.2) is 24.3 Å². The molecule has 0 bridgehead atoms. The minimum absolute atomic E-state index is 0.581. The van der Waals surface area contributed by atoms with E-state index in [-0.39, 0.29) is 0 Å². The van der Waals surface area contributed by atoms with Gasteiger partial charge in [-0.25, -0.2) is 9.97 Å². The van der Waals surface area contributed by atoms with Gasteiger partial charge in [-0.15, -0.1) is 0 Å². The molecule has 2 rings (SSSR count). The Labute approximate surface area is 118 Å². The van der Waals surface area contributed by atoms with Gasteiger partial charge in [0.15, 0.2) is 5.82 Å². The van der Waals surface area contributed by atoms with Gasteiger partial charge in [-0.2, -0.15) is 0 Å².